The third-order valence-electron chi connectivity index (χ3n) is 6.27. The molecular weight excluding hydrogens is 498 g/mol. The average molecular weight is 519 g/mol. The predicted octanol–water partition coefficient (Wildman–Crippen LogP) is 5.08. The Balaban J connectivity index is 1.40. The van der Waals surface area contributed by atoms with Gasteiger partial charge in [0.1, 0.15) is 5.75 Å². The van der Waals surface area contributed by atoms with Crippen molar-refractivity contribution in [3.8, 4) is 5.75 Å². The maximum Gasteiger partial charge on any atom is 0.412 e. The van der Waals surface area contributed by atoms with E-state index in [4.69, 9.17) is 32.7 Å². The molecule has 2 aliphatic rings. The highest BCUT2D eigenvalue weighted by Crippen LogP contribution is 2.45. The molecule has 35 heavy (non-hydrogen) atoms. The molecule has 11 heteroatoms. The molecule has 1 fully saturated rings. The lowest BCUT2D eigenvalue weighted by atomic mass is 9.83. The second-order valence-corrected chi connectivity index (χ2v) is 9.35. The van der Waals surface area contributed by atoms with E-state index in [0.717, 1.165) is 5.56 Å². The zero-order valence-electron chi connectivity index (χ0n) is 18.7. The second-order valence-electron chi connectivity index (χ2n) is 8.51. The number of anilines is 1. The second kappa shape index (κ2) is 9.05. The zero-order chi connectivity index (χ0) is 24.7. The first kappa shape index (κ1) is 23.4. The molecule has 0 bridgehead atoms. The summed E-state index contributed by atoms with van der Waals surface area (Å²) < 4.78 is 27.7. The molecule has 3 heterocycles. The van der Waals surface area contributed by atoms with Gasteiger partial charge in [-0.1, -0.05) is 23.2 Å². The van der Waals surface area contributed by atoms with Gasteiger partial charge in [0, 0.05) is 23.3 Å². The van der Waals surface area contributed by atoms with E-state index >= 15 is 4.39 Å². The van der Waals surface area contributed by atoms with Crippen molar-refractivity contribution in [3.63, 3.8) is 0 Å². The minimum atomic E-state index is -1.33. The molecule has 2 amide bonds. The lowest BCUT2D eigenvalue weighted by Crippen LogP contribution is -2.53. The summed E-state index contributed by atoms with van der Waals surface area (Å²) in [6, 6.07) is 8.20. The van der Waals surface area contributed by atoms with Crippen molar-refractivity contribution in [2.24, 2.45) is 0 Å². The van der Waals surface area contributed by atoms with Gasteiger partial charge in [0.15, 0.2) is 11.4 Å². The number of fused-ring (bicyclic) bond motifs is 2. The lowest BCUT2D eigenvalue weighted by Gasteiger charge is -2.45. The van der Waals surface area contributed by atoms with Gasteiger partial charge < -0.3 is 14.4 Å². The Morgan fingerprint density at radius 2 is 2.14 bits per heavy atom. The molecule has 1 spiro atoms. The van der Waals surface area contributed by atoms with Gasteiger partial charge in [-0.2, -0.15) is 5.10 Å². The van der Waals surface area contributed by atoms with Gasteiger partial charge in [-0.15, -0.1) is 0 Å². The summed E-state index contributed by atoms with van der Waals surface area (Å²) in [5.41, 5.74) is 0.288. The number of hydrogen-bond acceptors (Lipinski definition) is 5. The van der Waals surface area contributed by atoms with Crippen molar-refractivity contribution >= 4 is 40.9 Å². The summed E-state index contributed by atoms with van der Waals surface area (Å²) in [6.07, 6.45) is 3.28. The molecule has 0 unspecified atom stereocenters. The number of methoxy groups -OCH3 is 1. The Bertz CT molecular complexity index is 1330. The van der Waals surface area contributed by atoms with Gasteiger partial charge in [0.2, 0.25) is 0 Å². The van der Waals surface area contributed by atoms with Crippen LogP contribution >= 0.6 is 23.2 Å². The van der Waals surface area contributed by atoms with Crippen LogP contribution in [0.15, 0.2) is 42.7 Å². The topological polar surface area (TPSA) is 85.7 Å². The van der Waals surface area contributed by atoms with Crippen LogP contribution in [0.1, 0.15) is 34.3 Å². The van der Waals surface area contributed by atoms with Crippen LogP contribution in [0.3, 0.4) is 0 Å². The third kappa shape index (κ3) is 4.30. The van der Waals surface area contributed by atoms with Crippen molar-refractivity contribution in [1.29, 1.82) is 0 Å². The first-order chi connectivity index (χ1) is 16.8. The minimum absolute atomic E-state index is 0.00316. The first-order valence-corrected chi connectivity index (χ1v) is 11.7. The number of carbonyl (C=O) groups excluding carboxylic acids is 2. The highest BCUT2D eigenvalue weighted by molar-refractivity contribution is 6.31. The number of ether oxygens (including phenoxy) is 2. The summed E-state index contributed by atoms with van der Waals surface area (Å²) in [5, 5.41) is 7.31. The SMILES string of the molecule is COc1ccc(Cl)cc1Cn1cc(C(=O)N2CCC[C@@]3(C2)OC(=O)Nc2ccc(Cl)c(F)c23)cn1. The Hall–Kier alpha value is -3.30. The van der Waals surface area contributed by atoms with Crippen molar-refractivity contribution in [2.75, 3.05) is 25.5 Å². The summed E-state index contributed by atoms with van der Waals surface area (Å²) in [5.74, 6) is -0.309. The standard InChI is InChI=1S/C24H21Cl2FN4O4/c1-34-19-6-3-16(25)9-14(19)11-31-12-15(10-28-31)22(32)30-8-2-7-24(13-30)20-18(29-23(33)35-24)5-4-17(26)21(20)27/h3-6,9-10,12H,2,7-8,11,13H2,1H3,(H,29,33)/t24-/m0/s1. The fourth-order valence-corrected chi connectivity index (χ4v) is 5.09. The van der Waals surface area contributed by atoms with E-state index < -0.39 is 17.5 Å². The van der Waals surface area contributed by atoms with Crippen LogP contribution in [-0.4, -0.2) is 46.9 Å². The largest absolute Gasteiger partial charge is 0.496 e. The monoisotopic (exact) mass is 518 g/mol. The quantitative estimate of drug-likeness (QED) is 0.520. The number of carbonyl (C=O) groups is 2. The van der Waals surface area contributed by atoms with E-state index in [9.17, 15) is 9.59 Å². The number of piperidine rings is 1. The van der Waals surface area contributed by atoms with E-state index in [0.29, 0.717) is 48.0 Å². The van der Waals surface area contributed by atoms with E-state index in [-0.39, 0.29) is 23.0 Å². The molecule has 1 N–H and O–H groups in total. The average Bonchev–Trinajstić information content (AvgIpc) is 3.29. The van der Waals surface area contributed by atoms with Gasteiger partial charge in [-0.05, 0) is 43.2 Å². The number of rotatable bonds is 4. The van der Waals surface area contributed by atoms with Crippen LogP contribution < -0.4 is 10.1 Å². The molecule has 0 aliphatic carbocycles. The highest BCUT2D eigenvalue weighted by atomic mass is 35.5. The summed E-state index contributed by atoms with van der Waals surface area (Å²) in [7, 11) is 1.57. The van der Waals surface area contributed by atoms with Crippen LogP contribution in [0, 0.1) is 5.82 Å². The number of aromatic nitrogens is 2. The number of hydrogen-bond donors (Lipinski definition) is 1. The molecule has 1 saturated heterocycles. The fraction of sp³-hybridized carbons (Fsp3) is 0.292. The number of nitrogens with one attached hydrogen (secondary N) is 1. The molecule has 1 aromatic heterocycles. The fourth-order valence-electron chi connectivity index (χ4n) is 4.74. The molecule has 5 rings (SSSR count). The Labute approximate surface area is 210 Å². The van der Waals surface area contributed by atoms with Crippen molar-refractivity contribution in [2.45, 2.75) is 25.0 Å². The van der Waals surface area contributed by atoms with Crippen LogP contribution in [0.2, 0.25) is 10.0 Å². The highest BCUT2D eigenvalue weighted by Gasteiger charge is 2.48. The molecule has 2 aromatic carbocycles. The molecule has 2 aliphatic heterocycles. The molecule has 3 aromatic rings. The number of benzene rings is 2. The first-order valence-electron chi connectivity index (χ1n) is 10.9. The summed E-state index contributed by atoms with van der Waals surface area (Å²) in [4.78, 5) is 27.2. The predicted molar refractivity (Wildman–Crippen MR) is 128 cm³/mol. The van der Waals surface area contributed by atoms with Crippen LogP contribution in [0.5, 0.6) is 5.75 Å². The van der Waals surface area contributed by atoms with Gasteiger partial charge in [0.25, 0.3) is 5.91 Å². The Morgan fingerprint density at radius 3 is 2.94 bits per heavy atom. The normalized spacial score (nSPS) is 19.2. The van der Waals surface area contributed by atoms with Crippen LogP contribution in [0.25, 0.3) is 0 Å². The molecule has 0 radical (unpaired) electrons. The van der Waals surface area contributed by atoms with E-state index in [1.807, 2.05) is 0 Å². The van der Waals surface area contributed by atoms with E-state index in [1.165, 1.54) is 18.3 Å². The van der Waals surface area contributed by atoms with Gasteiger partial charge in [0.05, 0.1) is 48.2 Å². The molecule has 182 valence electrons. The minimum Gasteiger partial charge on any atom is -0.496 e. The van der Waals surface area contributed by atoms with Crippen molar-refractivity contribution in [1.82, 2.24) is 14.7 Å². The van der Waals surface area contributed by atoms with Crippen LogP contribution in [0.4, 0.5) is 14.9 Å². The molecule has 0 saturated carbocycles. The number of nitrogens with zero attached hydrogens (tertiary/aromatic N) is 3. The van der Waals surface area contributed by atoms with E-state index in [2.05, 4.69) is 10.4 Å². The maximum absolute atomic E-state index is 15.1. The number of halogens is 3. The zero-order valence-corrected chi connectivity index (χ0v) is 20.2. The smallest absolute Gasteiger partial charge is 0.412 e. The lowest BCUT2D eigenvalue weighted by molar-refractivity contribution is -0.0418. The van der Waals surface area contributed by atoms with Gasteiger partial charge in [-0.3, -0.25) is 14.8 Å². The van der Waals surface area contributed by atoms with Crippen molar-refractivity contribution < 1.29 is 23.5 Å². The molecule has 8 nitrogen and oxygen atoms in total. The maximum atomic E-state index is 15.1. The number of amides is 2. The Kier molecular flexibility index (Phi) is 6.06. The van der Waals surface area contributed by atoms with Crippen molar-refractivity contribution in [3.05, 3.63) is 75.3 Å². The third-order valence-corrected chi connectivity index (χ3v) is 6.80. The Morgan fingerprint density at radius 1 is 1.31 bits per heavy atom. The number of likely N-dealkylation sites (tertiary alicyclic amines) is 1. The molecular formula is C24H21Cl2FN4O4. The summed E-state index contributed by atoms with van der Waals surface area (Å²) >= 11 is 12.1. The summed E-state index contributed by atoms with van der Waals surface area (Å²) in [6.45, 7) is 0.772. The van der Waals surface area contributed by atoms with Gasteiger partial charge in [-0.25, -0.2) is 9.18 Å². The molecule has 1 atom stereocenters. The van der Waals surface area contributed by atoms with Gasteiger partial charge >= 0.3 is 6.09 Å². The van der Waals surface area contributed by atoms with E-state index in [1.54, 1.807) is 41.1 Å². The van der Waals surface area contributed by atoms with Crippen LogP contribution in [-0.2, 0) is 16.9 Å².